The Hall–Kier alpha value is 0.240. The third-order valence-electron chi connectivity index (χ3n) is 0.962. The second-order valence-corrected chi connectivity index (χ2v) is 2.86. The maximum absolute atomic E-state index is 8.85. The van der Waals surface area contributed by atoms with Crippen LogP contribution < -0.4 is 0 Å². The predicted octanol–water partition coefficient (Wildman–Crippen LogP) is 1.44. The van der Waals surface area contributed by atoms with Gasteiger partial charge in [-0.2, -0.15) is 0 Å². The highest BCUT2D eigenvalue weighted by Crippen LogP contribution is 2.20. The first kappa shape index (κ1) is 10.2. The summed E-state index contributed by atoms with van der Waals surface area (Å²) in [5.74, 6) is 0. The summed E-state index contributed by atoms with van der Waals surface area (Å²) in [6, 6.07) is 0. The molecule has 60 valence electrons. The lowest BCUT2D eigenvalue weighted by Gasteiger charge is -2.07. The summed E-state index contributed by atoms with van der Waals surface area (Å²) in [6.07, 6.45) is -1.63. The largest absolute Gasteiger partial charge is 0.388 e. The molecular weight excluding hydrogens is 175 g/mol. The van der Waals surface area contributed by atoms with E-state index in [-0.39, 0.29) is 10.1 Å². The van der Waals surface area contributed by atoms with Gasteiger partial charge in [0.1, 0.15) is 0 Å². The molecule has 0 aliphatic heterocycles. The van der Waals surface area contributed by atoms with E-state index in [4.69, 9.17) is 33.4 Å². The first-order valence-corrected chi connectivity index (χ1v) is 3.63. The van der Waals surface area contributed by atoms with Gasteiger partial charge in [0.15, 0.2) is 0 Å². The van der Waals surface area contributed by atoms with Crippen molar-refractivity contribution in [3.63, 3.8) is 0 Å². The molecule has 0 aliphatic rings. The zero-order chi connectivity index (χ0) is 8.31. The average molecular weight is 185 g/mol. The molecular formula is C6H10Cl2O2. The van der Waals surface area contributed by atoms with Crippen LogP contribution in [0.1, 0.15) is 13.8 Å². The van der Waals surface area contributed by atoms with E-state index in [0.717, 1.165) is 0 Å². The Morgan fingerprint density at radius 1 is 1.00 bits per heavy atom. The molecule has 2 nitrogen and oxygen atoms in total. The fourth-order valence-electron chi connectivity index (χ4n) is 0.399. The second-order valence-electron chi connectivity index (χ2n) is 2.05. The van der Waals surface area contributed by atoms with Gasteiger partial charge in [-0.25, -0.2) is 0 Å². The zero-order valence-corrected chi connectivity index (χ0v) is 7.32. The van der Waals surface area contributed by atoms with Crippen LogP contribution >= 0.6 is 23.2 Å². The number of hydrogen-bond acceptors (Lipinski definition) is 2. The van der Waals surface area contributed by atoms with E-state index in [1.807, 2.05) is 0 Å². The van der Waals surface area contributed by atoms with E-state index in [9.17, 15) is 0 Å². The standard InChI is InChI=1S/C6H10Cl2O2/c1-3(9)5(7)6(8)4(2)10/h3-4,9-10H,1-2H3/b6-5+/t3-,4+. The van der Waals surface area contributed by atoms with Crippen molar-refractivity contribution in [1.82, 2.24) is 0 Å². The second kappa shape index (κ2) is 4.19. The van der Waals surface area contributed by atoms with E-state index >= 15 is 0 Å². The molecule has 4 heteroatoms. The molecule has 0 unspecified atom stereocenters. The number of aliphatic hydroxyl groups excluding tert-OH is 2. The van der Waals surface area contributed by atoms with Crippen molar-refractivity contribution in [1.29, 1.82) is 0 Å². The highest BCUT2D eigenvalue weighted by atomic mass is 35.5. The van der Waals surface area contributed by atoms with Crippen LogP contribution in [-0.2, 0) is 0 Å². The number of aliphatic hydroxyl groups is 2. The van der Waals surface area contributed by atoms with Crippen molar-refractivity contribution in [2.75, 3.05) is 0 Å². The number of hydrogen-bond donors (Lipinski definition) is 2. The minimum absolute atomic E-state index is 0.0941. The SMILES string of the molecule is C[C@H](O)/C(Cl)=C(\Cl)[C@@H](C)O. The Labute approximate surface area is 70.1 Å². The maximum Gasteiger partial charge on any atom is 0.0880 e. The van der Waals surface area contributed by atoms with Crippen LogP contribution in [0.2, 0.25) is 0 Å². The summed E-state index contributed by atoms with van der Waals surface area (Å²) < 4.78 is 0. The normalized spacial score (nSPS) is 19.8. The molecule has 0 aromatic heterocycles. The molecule has 0 heterocycles. The lowest BCUT2D eigenvalue weighted by atomic mass is 10.3. The fourth-order valence-corrected chi connectivity index (χ4v) is 0.715. The first-order valence-electron chi connectivity index (χ1n) is 2.88. The Morgan fingerprint density at radius 2 is 1.20 bits per heavy atom. The van der Waals surface area contributed by atoms with Gasteiger partial charge in [0.05, 0.1) is 22.3 Å². The molecule has 0 amide bonds. The summed E-state index contributed by atoms with van der Waals surface area (Å²) in [4.78, 5) is 0. The van der Waals surface area contributed by atoms with Gasteiger partial charge in [-0.1, -0.05) is 23.2 Å². The lowest BCUT2D eigenvalue weighted by Crippen LogP contribution is -2.07. The minimum atomic E-state index is -0.816. The van der Waals surface area contributed by atoms with Crippen LogP contribution in [0.15, 0.2) is 10.1 Å². The molecule has 0 aromatic carbocycles. The summed E-state index contributed by atoms with van der Waals surface area (Å²) >= 11 is 11.0. The van der Waals surface area contributed by atoms with E-state index in [0.29, 0.717) is 0 Å². The van der Waals surface area contributed by atoms with E-state index in [2.05, 4.69) is 0 Å². The lowest BCUT2D eigenvalue weighted by molar-refractivity contribution is 0.221. The van der Waals surface area contributed by atoms with E-state index in [1.54, 1.807) is 0 Å². The van der Waals surface area contributed by atoms with Crippen LogP contribution in [0.4, 0.5) is 0 Å². The molecule has 0 fully saturated rings. The fraction of sp³-hybridized carbons (Fsp3) is 0.667. The van der Waals surface area contributed by atoms with Gasteiger partial charge >= 0.3 is 0 Å². The molecule has 0 radical (unpaired) electrons. The van der Waals surface area contributed by atoms with Crippen LogP contribution in [0.3, 0.4) is 0 Å². The number of halogens is 2. The Balaban J connectivity index is 4.34. The van der Waals surface area contributed by atoms with Gasteiger partial charge in [-0.05, 0) is 13.8 Å². The first-order chi connectivity index (χ1) is 4.46. The van der Waals surface area contributed by atoms with Crippen molar-refractivity contribution in [3.8, 4) is 0 Å². The molecule has 0 aliphatic carbocycles. The quantitative estimate of drug-likeness (QED) is 0.683. The zero-order valence-electron chi connectivity index (χ0n) is 5.81. The topological polar surface area (TPSA) is 40.5 Å². The summed E-state index contributed by atoms with van der Waals surface area (Å²) in [6.45, 7) is 2.96. The molecule has 2 N–H and O–H groups in total. The van der Waals surface area contributed by atoms with Crippen molar-refractivity contribution in [2.24, 2.45) is 0 Å². The number of rotatable bonds is 2. The molecule has 10 heavy (non-hydrogen) atoms. The Kier molecular flexibility index (Phi) is 4.29. The molecule has 0 saturated carbocycles. The van der Waals surface area contributed by atoms with Crippen LogP contribution in [0.25, 0.3) is 0 Å². The Bertz CT molecular complexity index is 125. The smallest absolute Gasteiger partial charge is 0.0880 e. The average Bonchev–Trinajstić information content (AvgIpc) is 1.84. The predicted molar refractivity (Wildman–Crippen MR) is 42.1 cm³/mol. The van der Waals surface area contributed by atoms with Gasteiger partial charge in [0.25, 0.3) is 0 Å². The summed E-state index contributed by atoms with van der Waals surface area (Å²) in [5.41, 5.74) is 0. The van der Waals surface area contributed by atoms with Crippen LogP contribution in [0.5, 0.6) is 0 Å². The summed E-state index contributed by atoms with van der Waals surface area (Å²) in [7, 11) is 0. The van der Waals surface area contributed by atoms with Crippen molar-refractivity contribution >= 4 is 23.2 Å². The molecule has 0 aromatic rings. The molecule has 2 atom stereocenters. The maximum atomic E-state index is 8.85. The molecule has 0 saturated heterocycles. The van der Waals surface area contributed by atoms with Crippen LogP contribution in [-0.4, -0.2) is 22.4 Å². The minimum Gasteiger partial charge on any atom is -0.388 e. The van der Waals surface area contributed by atoms with Gasteiger partial charge in [0.2, 0.25) is 0 Å². The molecule has 0 rings (SSSR count). The molecule has 0 spiro atoms. The Morgan fingerprint density at radius 3 is 1.30 bits per heavy atom. The van der Waals surface area contributed by atoms with Crippen molar-refractivity contribution in [2.45, 2.75) is 26.1 Å². The van der Waals surface area contributed by atoms with Gasteiger partial charge in [0, 0.05) is 0 Å². The van der Waals surface area contributed by atoms with Crippen molar-refractivity contribution in [3.05, 3.63) is 10.1 Å². The van der Waals surface area contributed by atoms with Gasteiger partial charge in [-0.3, -0.25) is 0 Å². The van der Waals surface area contributed by atoms with E-state index in [1.165, 1.54) is 13.8 Å². The monoisotopic (exact) mass is 184 g/mol. The van der Waals surface area contributed by atoms with E-state index < -0.39 is 12.2 Å². The van der Waals surface area contributed by atoms with Crippen molar-refractivity contribution < 1.29 is 10.2 Å². The van der Waals surface area contributed by atoms with Gasteiger partial charge < -0.3 is 10.2 Å². The van der Waals surface area contributed by atoms with Gasteiger partial charge in [-0.15, -0.1) is 0 Å². The highest BCUT2D eigenvalue weighted by Gasteiger charge is 2.11. The highest BCUT2D eigenvalue weighted by molar-refractivity contribution is 6.39. The third-order valence-corrected chi connectivity index (χ3v) is 2.10. The third kappa shape index (κ3) is 2.88. The summed E-state index contributed by atoms with van der Waals surface area (Å²) in [5, 5.41) is 17.9. The van der Waals surface area contributed by atoms with Crippen LogP contribution in [0, 0.1) is 0 Å². The molecule has 0 bridgehead atoms.